The van der Waals surface area contributed by atoms with Crippen LogP contribution in [-0.2, 0) is 10.2 Å². The first-order valence-corrected chi connectivity index (χ1v) is 9.87. The number of nitrogens with two attached hydrogens (primary N) is 1. The Morgan fingerprint density at radius 2 is 1.65 bits per heavy atom. The highest BCUT2D eigenvalue weighted by Crippen LogP contribution is 2.34. The van der Waals surface area contributed by atoms with E-state index in [0.717, 1.165) is 29.6 Å². The van der Waals surface area contributed by atoms with Crippen molar-refractivity contribution in [3.05, 3.63) is 18.5 Å². The number of ether oxygens (including phenoxy) is 2. The van der Waals surface area contributed by atoms with Gasteiger partial charge in [-0.25, -0.2) is 15.1 Å². The molecule has 0 atom stereocenters. The van der Waals surface area contributed by atoms with E-state index in [1.807, 2.05) is 12.1 Å². The third-order valence-corrected chi connectivity index (χ3v) is 5.20. The number of methoxy groups -OCH3 is 2. The number of benzene rings is 1. The monoisotopic (exact) mass is 381 g/mol. The van der Waals surface area contributed by atoms with Crippen LogP contribution in [0.5, 0.6) is 11.5 Å². The maximum atomic E-state index is 11.1. The normalized spacial score (nSPS) is 20.7. The molecule has 1 heterocycles. The largest absolute Gasteiger partial charge is 0.493 e. The third kappa shape index (κ3) is 4.32. The van der Waals surface area contributed by atoms with Gasteiger partial charge < -0.3 is 14.8 Å². The van der Waals surface area contributed by atoms with Crippen molar-refractivity contribution in [3.63, 3.8) is 0 Å². The van der Waals surface area contributed by atoms with Gasteiger partial charge in [-0.2, -0.15) is 13.1 Å². The zero-order chi connectivity index (χ0) is 18.7. The zero-order valence-electron chi connectivity index (χ0n) is 14.7. The maximum Gasteiger partial charge on any atom is 0.274 e. The molecule has 0 aliphatic heterocycles. The van der Waals surface area contributed by atoms with Crippen molar-refractivity contribution in [2.45, 2.75) is 37.8 Å². The van der Waals surface area contributed by atoms with Gasteiger partial charge in [0.2, 0.25) is 0 Å². The Balaban J connectivity index is 1.75. The quantitative estimate of drug-likeness (QED) is 0.685. The van der Waals surface area contributed by atoms with Crippen LogP contribution in [-0.4, -0.2) is 44.7 Å². The predicted octanol–water partition coefficient (Wildman–Crippen LogP) is 1.16. The molecule has 0 unspecified atom stereocenters. The van der Waals surface area contributed by atoms with Crippen LogP contribution in [0.2, 0.25) is 0 Å². The fourth-order valence-electron chi connectivity index (χ4n) is 3.28. The fourth-order valence-corrected chi connectivity index (χ4v) is 3.98. The molecule has 26 heavy (non-hydrogen) atoms. The highest BCUT2D eigenvalue weighted by atomic mass is 32.2. The molecule has 0 bridgehead atoms. The van der Waals surface area contributed by atoms with Gasteiger partial charge in [0.25, 0.3) is 10.2 Å². The summed E-state index contributed by atoms with van der Waals surface area (Å²) in [6.07, 6.45) is 4.56. The van der Waals surface area contributed by atoms with E-state index in [9.17, 15) is 8.42 Å². The standard InChI is InChI=1S/C16H23N5O4S/c1-24-14-7-12-13(8-15(14)25-2)18-9-19-16(12)20-10-3-5-11(6-4-10)21-26(17,22)23/h7-11,21H,3-6H2,1-2H3,(H2,17,22,23)(H,18,19,20). The van der Waals surface area contributed by atoms with Gasteiger partial charge >= 0.3 is 0 Å². The Labute approximate surface area is 152 Å². The molecule has 1 aliphatic rings. The van der Waals surface area contributed by atoms with Crippen LogP contribution in [0.1, 0.15) is 25.7 Å². The summed E-state index contributed by atoms with van der Waals surface area (Å²) < 4.78 is 35.4. The Morgan fingerprint density at radius 1 is 1.04 bits per heavy atom. The summed E-state index contributed by atoms with van der Waals surface area (Å²) in [5.41, 5.74) is 0.754. The van der Waals surface area contributed by atoms with Crippen molar-refractivity contribution in [3.8, 4) is 11.5 Å². The number of nitrogens with zero attached hydrogens (tertiary/aromatic N) is 2. The topological polar surface area (TPSA) is 128 Å². The average Bonchev–Trinajstić information content (AvgIpc) is 2.61. The van der Waals surface area contributed by atoms with E-state index >= 15 is 0 Å². The van der Waals surface area contributed by atoms with Crippen molar-refractivity contribution < 1.29 is 17.9 Å². The Bertz CT molecular complexity index is 882. The molecule has 1 aromatic carbocycles. The molecule has 0 radical (unpaired) electrons. The molecule has 142 valence electrons. The highest BCUT2D eigenvalue weighted by Gasteiger charge is 2.24. The van der Waals surface area contributed by atoms with E-state index in [-0.39, 0.29) is 12.1 Å². The Kier molecular flexibility index (Phi) is 5.44. The number of aromatic nitrogens is 2. The third-order valence-electron chi connectivity index (χ3n) is 4.54. The SMILES string of the molecule is COc1cc2ncnc(NC3CCC(NS(N)(=O)=O)CC3)c2cc1OC. The summed E-state index contributed by atoms with van der Waals surface area (Å²) in [5.74, 6) is 1.94. The fraction of sp³-hybridized carbons (Fsp3) is 0.500. The molecule has 1 saturated carbocycles. The summed E-state index contributed by atoms with van der Waals surface area (Å²) in [5, 5.41) is 9.33. The number of hydrogen-bond acceptors (Lipinski definition) is 7. The van der Waals surface area contributed by atoms with Crippen LogP contribution in [0.15, 0.2) is 18.5 Å². The molecule has 1 aromatic heterocycles. The van der Waals surface area contributed by atoms with E-state index in [1.54, 1.807) is 14.2 Å². The lowest BCUT2D eigenvalue weighted by molar-refractivity contribution is 0.355. The van der Waals surface area contributed by atoms with Crippen LogP contribution < -0.4 is 24.7 Å². The zero-order valence-corrected chi connectivity index (χ0v) is 15.5. The lowest BCUT2D eigenvalue weighted by atomic mass is 9.92. The molecule has 0 saturated heterocycles. The number of anilines is 1. The predicted molar refractivity (Wildman–Crippen MR) is 98.6 cm³/mol. The second-order valence-corrected chi connectivity index (χ2v) is 7.63. The minimum absolute atomic E-state index is 0.116. The molecule has 2 aromatic rings. The minimum atomic E-state index is -3.66. The van der Waals surface area contributed by atoms with Crippen molar-refractivity contribution >= 4 is 26.9 Å². The molecule has 0 amide bonds. The van der Waals surface area contributed by atoms with E-state index in [4.69, 9.17) is 14.6 Å². The van der Waals surface area contributed by atoms with Gasteiger partial charge in [-0.05, 0) is 31.7 Å². The first kappa shape index (κ1) is 18.6. The number of rotatable bonds is 6. The first-order valence-electron chi connectivity index (χ1n) is 8.33. The van der Waals surface area contributed by atoms with E-state index in [2.05, 4.69) is 20.0 Å². The van der Waals surface area contributed by atoms with Gasteiger partial charge in [-0.15, -0.1) is 0 Å². The van der Waals surface area contributed by atoms with Crippen LogP contribution in [0.3, 0.4) is 0 Å². The summed E-state index contributed by atoms with van der Waals surface area (Å²) in [4.78, 5) is 8.65. The summed E-state index contributed by atoms with van der Waals surface area (Å²) in [7, 11) is -0.495. The number of fused-ring (bicyclic) bond motifs is 1. The molecular weight excluding hydrogens is 358 g/mol. The molecular formula is C16H23N5O4S. The van der Waals surface area contributed by atoms with Crippen molar-refractivity contribution in [1.82, 2.24) is 14.7 Å². The first-order chi connectivity index (χ1) is 12.4. The average molecular weight is 381 g/mol. The summed E-state index contributed by atoms with van der Waals surface area (Å²) >= 11 is 0. The van der Waals surface area contributed by atoms with Crippen LogP contribution in [0.4, 0.5) is 5.82 Å². The Morgan fingerprint density at radius 3 is 2.27 bits per heavy atom. The van der Waals surface area contributed by atoms with Crippen LogP contribution >= 0.6 is 0 Å². The van der Waals surface area contributed by atoms with Gasteiger partial charge in [0.1, 0.15) is 12.1 Å². The van der Waals surface area contributed by atoms with Gasteiger partial charge in [-0.1, -0.05) is 0 Å². The summed E-state index contributed by atoms with van der Waals surface area (Å²) in [6, 6.07) is 3.74. The van der Waals surface area contributed by atoms with Gasteiger partial charge in [-0.3, -0.25) is 0 Å². The second kappa shape index (κ2) is 7.60. The highest BCUT2D eigenvalue weighted by molar-refractivity contribution is 7.87. The van der Waals surface area contributed by atoms with Crippen LogP contribution in [0.25, 0.3) is 10.9 Å². The molecule has 3 rings (SSSR count). The smallest absolute Gasteiger partial charge is 0.274 e. The van der Waals surface area contributed by atoms with Crippen molar-refractivity contribution in [2.24, 2.45) is 5.14 Å². The maximum absolute atomic E-state index is 11.1. The molecule has 0 spiro atoms. The lowest BCUT2D eigenvalue weighted by Crippen LogP contribution is -2.43. The van der Waals surface area contributed by atoms with Gasteiger partial charge in [0.15, 0.2) is 11.5 Å². The number of nitrogens with one attached hydrogen (secondary N) is 2. The van der Waals surface area contributed by atoms with Crippen molar-refractivity contribution in [1.29, 1.82) is 0 Å². The molecule has 1 fully saturated rings. The lowest BCUT2D eigenvalue weighted by Gasteiger charge is -2.29. The number of hydrogen-bond donors (Lipinski definition) is 3. The summed E-state index contributed by atoms with van der Waals surface area (Å²) in [6.45, 7) is 0. The Hall–Kier alpha value is -2.17. The van der Waals surface area contributed by atoms with E-state index < -0.39 is 10.2 Å². The molecule has 1 aliphatic carbocycles. The molecule has 9 nitrogen and oxygen atoms in total. The van der Waals surface area contributed by atoms with E-state index in [0.29, 0.717) is 24.3 Å². The van der Waals surface area contributed by atoms with Gasteiger partial charge in [0.05, 0.1) is 19.7 Å². The second-order valence-electron chi connectivity index (χ2n) is 6.30. The van der Waals surface area contributed by atoms with E-state index in [1.165, 1.54) is 6.33 Å². The van der Waals surface area contributed by atoms with Crippen LogP contribution in [0, 0.1) is 0 Å². The van der Waals surface area contributed by atoms with Crippen molar-refractivity contribution in [2.75, 3.05) is 19.5 Å². The molecule has 10 heteroatoms. The molecule has 4 N–H and O–H groups in total. The minimum Gasteiger partial charge on any atom is -0.493 e. The van der Waals surface area contributed by atoms with Gasteiger partial charge in [0, 0.05) is 23.5 Å².